The van der Waals surface area contributed by atoms with Crippen molar-refractivity contribution in [2.75, 3.05) is 26.2 Å². The van der Waals surface area contributed by atoms with E-state index in [1.54, 1.807) is 0 Å². The molecule has 27 heavy (non-hydrogen) atoms. The molecule has 0 bridgehead atoms. The molecule has 4 rings (SSSR count). The molecule has 2 fully saturated rings. The van der Waals surface area contributed by atoms with E-state index >= 15 is 0 Å². The Bertz CT molecular complexity index is 723. The molecule has 1 N–H and O–H groups in total. The Hall–Kier alpha value is -1.75. The van der Waals surface area contributed by atoms with Gasteiger partial charge in [0.05, 0.1) is 5.69 Å². The summed E-state index contributed by atoms with van der Waals surface area (Å²) in [4.78, 5) is 9.66. The molecular formula is C23H31N3O. The smallest absolute Gasteiger partial charge is 0.109 e. The second-order valence-corrected chi connectivity index (χ2v) is 8.31. The van der Waals surface area contributed by atoms with Crippen molar-refractivity contribution in [3.8, 4) is 0 Å². The zero-order chi connectivity index (χ0) is 18.7. The Morgan fingerprint density at radius 2 is 1.85 bits per heavy atom. The molecule has 2 saturated heterocycles. The summed E-state index contributed by atoms with van der Waals surface area (Å²) in [5.41, 5.74) is 2.62. The lowest BCUT2D eigenvalue weighted by Crippen LogP contribution is -2.47. The summed E-state index contributed by atoms with van der Waals surface area (Å²) in [6.45, 7) is 7.29. The fraction of sp³-hybridized carbons (Fsp3) is 0.522. The predicted molar refractivity (Wildman–Crippen MR) is 108 cm³/mol. The number of pyridine rings is 1. The van der Waals surface area contributed by atoms with Gasteiger partial charge in [0.25, 0.3) is 0 Å². The molecule has 0 spiro atoms. The fourth-order valence-corrected chi connectivity index (χ4v) is 4.53. The molecule has 4 nitrogen and oxygen atoms in total. The van der Waals surface area contributed by atoms with E-state index in [-0.39, 0.29) is 0 Å². The van der Waals surface area contributed by atoms with Gasteiger partial charge in [-0.05, 0) is 56.3 Å². The SMILES string of the molecule is Cc1ccc(C2(O)CCN(C[C@H]3CCCN3Cc3ccccc3)CC2)nc1. The number of piperidine rings is 1. The number of rotatable bonds is 5. The van der Waals surface area contributed by atoms with Crippen molar-refractivity contribution >= 4 is 0 Å². The van der Waals surface area contributed by atoms with Gasteiger partial charge in [0.2, 0.25) is 0 Å². The topological polar surface area (TPSA) is 39.6 Å². The maximum absolute atomic E-state index is 11.1. The van der Waals surface area contributed by atoms with E-state index in [0.29, 0.717) is 6.04 Å². The number of benzene rings is 1. The number of hydrogen-bond acceptors (Lipinski definition) is 4. The van der Waals surface area contributed by atoms with Gasteiger partial charge in [-0.1, -0.05) is 36.4 Å². The Morgan fingerprint density at radius 3 is 2.56 bits per heavy atom. The van der Waals surface area contributed by atoms with Crippen LogP contribution in [0.5, 0.6) is 0 Å². The number of likely N-dealkylation sites (tertiary alicyclic amines) is 2. The summed E-state index contributed by atoms with van der Waals surface area (Å²) < 4.78 is 0. The normalized spacial score (nSPS) is 23.6. The molecule has 0 saturated carbocycles. The average Bonchev–Trinajstić information content (AvgIpc) is 3.12. The molecule has 0 aliphatic carbocycles. The monoisotopic (exact) mass is 365 g/mol. The van der Waals surface area contributed by atoms with Gasteiger partial charge in [0, 0.05) is 38.4 Å². The highest BCUT2D eigenvalue weighted by molar-refractivity contribution is 5.19. The summed E-state index contributed by atoms with van der Waals surface area (Å²) in [5, 5.41) is 11.1. The molecule has 1 atom stereocenters. The maximum Gasteiger partial charge on any atom is 0.109 e. The summed E-state index contributed by atoms with van der Waals surface area (Å²) in [7, 11) is 0. The van der Waals surface area contributed by atoms with Crippen molar-refractivity contribution in [2.45, 2.75) is 50.8 Å². The van der Waals surface area contributed by atoms with Crippen molar-refractivity contribution in [3.05, 3.63) is 65.5 Å². The van der Waals surface area contributed by atoms with Gasteiger partial charge >= 0.3 is 0 Å². The number of aliphatic hydroxyl groups is 1. The Labute approximate surface area is 162 Å². The summed E-state index contributed by atoms with van der Waals surface area (Å²) in [5.74, 6) is 0. The van der Waals surface area contributed by atoms with Crippen LogP contribution in [0.25, 0.3) is 0 Å². The van der Waals surface area contributed by atoms with Gasteiger partial charge in [0.1, 0.15) is 5.60 Å². The minimum atomic E-state index is -0.760. The van der Waals surface area contributed by atoms with Crippen LogP contribution < -0.4 is 0 Å². The number of nitrogens with zero attached hydrogens (tertiary/aromatic N) is 3. The van der Waals surface area contributed by atoms with Crippen LogP contribution in [0.4, 0.5) is 0 Å². The van der Waals surface area contributed by atoms with Crippen LogP contribution in [-0.4, -0.2) is 52.1 Å². The van der Waals surface area contributed by atoms with Gasteiger partial charge < -0.3 is 10.0 Å². The molecule has 0 radical (unpaired) electrons. The summed E-state index contributed by atoms with van der Waals surface area (Å²) >= 11 is 0. The molecule has 3 heterocycles. The Morgan fingerprint density at radius 1 is 1.07 bits per heavy atom. The minimum absolute atomic E-state index is 0.633. The van der Waals surface area contributed by atoms with E-state index in [2.05, 4.69) is 45.1 Å². The molecule has 144 valence electrons. The third-order valence-corrected chi connectivity index (χ3v) is 6.27. The highest BCUT2D eigenvalue weighted by Gasteiger charge is 2.36. The molecule has 4 heteroatoms. The van der Waals surface area contributed by atoms with Crippen molar-refractivity contribution in [2.24, 2.45) is 0 Å². The second-order valence-electron chi connectivity index (χ2n) is 8.31. The van der Waals surface area contributed by atoms with E-state index in [1.165, 1.54) is 24.9 Å². The lowest BCUT2D eigenvalue weighted by atomic mass is 9.87. The lowest BCUT2D eigenvalue weighted by molar-refractivity contribution is -0.0332. The molecule has 1 aromatic heterocycles. The maximum atomic E-state index is 11.1. The first-order valence-electron chi connectivity index (χ1n) is 10.3. The van der Waals surface area contributed by atoms with Crippen molar-refractivity contribution < 1.29 is 5.11 Å². The van der Waals surface area contributed by atoms with E-state index in [9.17, 15) is 5.11 Å². The quantitative estimate of drug-likeness (QED) is 0.882. The zero-order valence-electron chi connectivity index (χ0n) is 16.3. The largest absolute Gasteiger partial charge is 0.383 e. The third kappa shape index (κ3) is 4.40. The van der Waals surface area contributed by atoms with Crippen LogP contribution in [0.15, 0.2) is 48.7 Å². The standard InChI is InChI=1S/C23H31N3O/c1-19-9-10-22(24-16-19)23(27)11-14-25(15-12-23)18-21-8-5-13-26(21)17-20-6-3-2-4-7-20/h2-4,6-7,9-10,16,21,27H,5,8,11-15,17-18H2,1H3/t21-/m1/s1. The first kappa shape index (κ1) is 18.6. The van der Waals surface area contributed by atoms with Crippen LogP contribution >= 0.6 is 0 Å². The average molecular weight is 366 g/mol. The van der Waals surface area contributed by atoms with Crippen molar-refractivity contribution in [1.29, 1.82) is 0 Å². The van der Waals surface area contributed by atoms with Crippen LogP contribution in [0.1, 0.15) is 42.5 Å². The van der Waals surface area contributed by atoms with E-state index in [0.717, 1.165) is 50.3 Å². The highest BCUT2D eigenvalue weighted by atomic mass is 16.3. The molecule has 0 unspecified atom stereocenters. The lowest BCUT2D eigenvalue weighted by Gasteiger charge is -2.39. The van der Waals surface area contributed by atoms with Crippen molar-refractivity contribution in [1.82, 2.24) is 14.8 Å². The van der Waals surface area contributed by atoms with Crippen LogP contribution in [0.3, 0.4) is 0 Å². The molecule has 2 aromatic rings. The van der Waals surface area contributed by atoms with Gasteiger partial charge in [-0.15, -0.1) is 0 Å². The van der Waals surface area contributed by atoms with Crippen molar-refractivity contribution in [3.63, 3.8) is 0 Å². The highest BCUT2D eigenvalue weighted by Crippen LogP contribution is 2.32. The molecule has 2 aliphatic rings. The van der Waals surface area contributed by atoms with Crippen LogP contribution in [0, 0.1) is 6.92 Å². The van der Waals surface area contributed by atoms with Crippen LogP contribution in [-0.2, 0) is 12.1 Å². The van der Waals surface area contributed by atoms with Gasteiger partial charge in [-0.3, -0.25) is 9.88 Å². The Kier molecular flexibility index (Phi) is 5.58. The van der Waals surface area contributed by atoms with E-state index < -0.39 is 5.60 Å². The number of aromatic nitrogens is 1. The minimum Gasteiger partial charge on any atom is -0.383 e. The first-order chi connectivity index (χ1) is 13.1. The fourth-order valence-electron chi connectivity index (χ4n) is 4.53. The summed E-state index contributed by atoms with van der Waals surface area (Å²) in [6, 6.07) is 15.5. The first-order valence-corrected chi connectivity index (χ1v) is 10.3. The van der Waals surface area contributed by atoms with Crippen LogP contribution in [0.2, 0.25) is 0 Å². The molecule has 1 aromatic carbocycles. The summed E-state index contributed by atoms with van der Waals surface area (Å²) in [6.07, 6.45) is 5.98. The van der Waals surface area contributed by atoms with Gasteiger partial charge in [-0.25, -0.2) is 0 Å². The van der Waals surface area contributed by atoms with Gasteiger partial charge in [-0.2, -0.15) is 0 Å². The number of hydrogen-bond donors (Lipinski definition) is 1. The predicted octanol–water partition coefficient (Wildman–Crippen LogP) is 3.34. The zero-order valence-corrected chi connectivity index (χ0v) is 16.3. The number of aryl methyl sites for hydroxylation is 1. The van der Waals surface area contributed by atoms with Gasteiger partial charge in [0.15, 0.2) is 0 Å². The molecule has 0 amide bonds. The second kappa shape index (κ2) is 8.09. The van der Waals surface area contributed by atoms with E-state index in [1.807, 2.05) is 25.3 Å². The molecule has 2 aliphatic heterocycles. The molecular weight excluding hydrogens is 334 g/mol. The third-order valence-electron chi connectivity index (χ3n) is 6.27. The Balaban J connectivity index is 1.32. The van der Waals surface area contributed by atoms with E-state index in [4.69, 9.17) is 0 Å².